The maximum absolute atomic E-state index is 11.5. The lowest BCUT2D eigenvalue weighted by Gasteiger charge is -2.31. The highest BCUT2D eigenvalue weighted by Gasteiger charge is 2.34. The van der Waals surface area contributed by atoms with Crippen molar-refractivity contribution >= 4 is 5.97 Å². The van der Waals surface area contributed by atoms with Crippen molar-refractivity contribution in [1.29, 1.82) is 0 Å². The molecule has 3 atom stereocenters. The van der Waals surface area contributed by atoms with E-state index >= 15 is 0 Å². The molecule has 1 saturated carbocycles. The van der Waals surface area contributed by atoms with Crippen molar-refractivity contribution < 1.29 is 9.90 Å². The number of hydrogen-bond donors (Lipinski definition) is 2. The Labute approximate surface area is 118 Å². The van der Waals surface area contributed by atoms with E-state index in [1.165, 1.54) is 19.3 Å². The first kappa shape index (κ1) is 16.5. The second-order valence-corrected chi connectivity index (χ2v) is 6.74. The zero-order chi connectivity index (χ0) is 14.5. The van der Waals surface area contributed by atoms with E-state index in [0.717, 1.165) is 31.1 Å². The molecule has 1 fully saturated rings. The van der Waals surface area contributed by atoms with Gasteiger partial charge in [-0.25, -0.2) is 0 Å². The lowest BCUT2D eigenvalue weighted by Crippen LogP contribution is -2.53. The van der Waals surface area contributed by atoms with Gasteiger partial charge >= 0.3 is 5.97 Å². The normalized spacial score (nSPS) is 27.8. The Balaban J connectivity index is 2.58. The molecule has 0 aromatic heterocycles. The maximum atomic E-state index is 11.5. The van der Waals surface area contributed by atoms with Gasteiger partial charge in [0.05, 0.1) is 0 Å². The van der Waals surface area contributed by atoms with E-state index in [4.69, 9.17) is 0 Å². The van der Waals surface area contributed by atoms with Crippen molar-refractivity contribution in [3.63, 3.8) is 0 Å². The number of carbonyl (C=O) groups is 1. The first-order chi connectivity index (χ1) is 8.89. The van der Waals surface area contributed by atoms with Crippen LogP contribution < -0.4 is 5.32 Å². The van der Waals surface area contributed by atoms with Crippen LogP contribution in [0.15, 0.2) is 0 Å². The van der Waals surface area contributed by atoms with Gasteiger partial charge in [0.25, 0.3) is 0 Å². The van der Waals surface area contributed by atoms with Gasteiger partial charge < -0.3 is 5.11 Å². The largest absolute Gasteiger partial charge is 0.480 e. The van der Waals surface area contributed by atoms with Crippen LogP contribution in [0.25, 0.3) is 0 Å². The molecule has 1 aliphatic rings. The van der Waals surface area contributed by atoms with Gasteiger partial charge in [0, 0.05) is 6.04 Å². The highest BCUT2D eigenvalue weighted by atomic mass is 16.4. The summed E-state index contributed by atoms with van der Waals surface area (Å²) in [6.45, 7) is 8.49. The molecular formula is C16H31NO2. The molecule has 0 spiro atoms. The zero-order valence-electron chi connectivity index (χ0n) is 13.0. The van der Waals surface area contributed by atoms with Crippen molar-refractivity contribution in [3.8, 4) is 0 Å². The van der Waals surface area contributed by atoms with Gasteiger partial charge in [0.2, 0.25) is 0 Å². The lowest BCUT2D eigenvalue weighted by atomic mass is 9.88. The summed E-state index contributed by atoms with van der Waals surface area (Å²) >= 11 is 0. The van der Waals surface area contributed by atoms with Gasteiger partial charge in [-0.2, -0.15) is 0 Å². The number of hydrogen-bond acceptors (Lipinski definition) is 2. The first-order valence-electron chi connectivity index (χ1n) is 7.90. The second kappa shape index (κ2) is 7.28. The lowest BCUT2D eigenvalue weighted by molar-refractivity contribution is -0.145. The topological polar surface area (TPSA) is 49.3 Å². The number of carboxylic acids is 1. The summed E-state index contributed by atoms with van der Waals surface area (Å²) in [7, 11) is 0. The summed E-state index contributed by atoms with van der Waals surface area (Å²) in [5.41, 5.74) is -0.753. The van der Waals surface area contributed by atoms with Gasteiger partial charge in [-0.05, 0) is 44.4 Å². The molecule has 3 nitrogen and oxygen atoms in total. The summed E-state index contributed by atoms with van der Waals surface area (Å²) < 4.78 is 0. The zero-order valence-corrected chi connectivity index (χ0v) is 13.0. The molecular weight excluding hydrogens is 238 g/mol. The van der Waals surface area contributed by atoms with Gasteiger partial charge in [0.15, 0.2) is 0 Å². The molecule has 0 aliphatic heterocycles. The Morgan fingerprint density at radius 3 is 2.53 bits per heavy atom. The highest BCUT2D eigenvalue weighted by Crippen LogP contribution is 2.30. The Bertz CT molecular complexity index is 290. The molecule has 0 bridgehead atoms. The maximum Gasteiger partial charge on any atom is 0.323 e. The molecule has 19 heavy (non-hydrogen) atoms. The van der Waals surface area contributed by atoms with Crippen molar-refractivity contribution in [3.05, 3.63) is 0 Å². The molecule has 2 N–H and O–H groups in total. The average molecular weight is 269 g/mol. The van der Waals surface area contributed by atoms with Gasteiger partial charge in [-0.3, -0.25) is 10.1 Å². The van der Waals surface area contributed by atoms with E-state index in [1.807, 2.05) is 13.8 Å². The fourth-order valence-corrected chi connectivity index (χ4v) is 3.33. The van der Waals surface area contributed by atoms with Crippen LogP contribution in [0.4, 0.5) is 0 Å². The average Bonchev–Trinajstić information content (AvgIpc) is 2.54. The fourth-order valence-electron chi connectivity index (χ4n) is 3.33. The van der Waals surface area contributed by atoms with Crippen LogP contribution in [0.2, 0.25) is 0 Å². The number of nitrogens with one attached hydrogen (secondary N) is 1. The van der Waals surface area contributed by atoms with Crippen molar-refractivity contribution in [2.24, 2.45) is 11.8 Å². The summed E-state index contributed by atoms with van der Waals surface area (Å²) in [6, 6.07) is 0.372. The third-order valence-corrected chi connectivity index (χ3v) is 4.70. The molecule has 3 unspecified atom stereocenters. The van der Waals surface area contributed by atoms with E-state index in [9.17, 15) is 9.90 Å². The molecule has 1 rings (SSSR count). The number of aliphatic carboxylic acids is 1. The number of rotatable bonds is 6. The third kappa shape index (κ3) is 4.79. The molecule has 0 saturated heterocycles. The monoisotopic (exact) mass is 269 g/mol. The third-order valence-electron chi connectivity index (χ3n) is 4.70. The van der Waals surface area contributed by atoms with Crippen LogP contribution in [-0.4, -0.2) is 22.7 Å². The molecule has 0 radical (unpaired) electrons. The smallest absolute Gasteiger partial charge is 0.323 e. The molecule has 1 aliphatic carbocycles. The summed E-state index contributed by atoms with van der Waals surface area (Å²) in [5.74, 6) is 0.855. The minimum atomic E-state index is -0.753. The second-order valence-electron chi connectivity index (χ2n) is 6.74. The Morgan fingerprint density at radius 1 is 1.32 bits per heavy atom. The molecule has 0 aromatic carbocycles. The minimum absolute atomic E-state index is 0.372. The SMILES string of the molecule is CCCC(C)(NC1CCCC(C(C)C)CC1)C(=O)O. The van der Waals surface area contributed by atoms with Crippen molar-refractivity contribution in [1.82, 2.24) is 5.32 Å². The van der Waals surface area contributed by atoms with Crippen LogP contribution in [0.5, 0.6) is 0 Å². The van der Waals surface area contributed by atoms with Crippen LogP contribution in [0.1, 0.15) is 72.6 Å². The van der Waals surface area contributed by atoms with E-state index < -0.39 is 11.5 Å². The van der Waals surface area contributed by atoms with Gasteiger partial charge in [-0.15, -0.1) is 0 Å². The predicted octanol–water partition coefficient (Wildman–Crippen LogP) is 3.82. The highest BCUT2D eigenvalue weighted by molar-refractivity contribution is 5.78. The molecule has 112 valence electrons. The van der Waals surface area contributed by atoms with Crippen LogP contribution >= 0.6 is 0 Å². The van der Waals surface area contributed by atoms with E-state index in [1.54, 1.807) is 0 Å². The first-order valence-corrected chi connectivity index (χ1v) is 7.90. The Hall–Kier alpha value is -0.570. The fraction of sp³-hybridized carbons (Fsp3) is 0.938. The molecule has 3 heteroatoms. The summed E-state index contributed by atoms with van der Waals surface area (Å²) in [4.78, 5) is 11.5. The number of carboxylic acid groups (broad SMARTS) is 1. The van der Waals surface area contributed by atoms with E-state index in [-0.39, 0.29) is 0 Å². The van der Waals surface area contributed by atoms with E-state index in [0.29, 0.717) is 12.5 Å². The van der Waals surface area contributed by atoms with Crippen LogP contribution in [0, 0.1) is 11.8 Å². The van der Waals surface area contributed by atoms with Crippen molar-refractivity contribution in [2.75, 3.05) is 0 Å². The van der Waals surface area contributed by atoms with Crippen LogP contribution in [-0.2, 0) is 4.79 Å². The quantitative estimate of drug-likeness (QED) is 0.721. The molecule has 0 heterocycles. The Kier molecular flexibility index (Phi) is 6.31. The van der Waals surface area contributed by atoms with Gasteiger partial charge in [0.1, 0.15) is 5.54 Å². The van der Waals surface area contributed by atoms with E-state index in [2.05, 4.69) is 19.2 Å². The summed E-state index contributed by atoms with van der Waals surface area (Å²) in [5, 5.41) is 12.9. The molecule has 0 amide bonds. The van der Waals surface area contributed by atoms with Crippen molar-refractivity contribution in [2.45, 2.75) is 84.2 Å². The summed E-state index contributed by atoms with van der Waals surface area (Å²) in [6.07, 6.45) is 7.60. The van der Waals surface area contributed by atoms with Crippen LogP contribution in [0.3, 0.4) is 0 Å². The Morgan fingerprint density at radius 2 is 2.00 bits per heavy atom. The predicted molar refractivity (Wildman–Crippen MR) is 79.3 cm³/mol. The standard InChI is InChI=1S/C16H31NO2/c1-5-11-16(4,15(18)19)17-14-8-6-7-13(9-10-14)12(2)3/h12-14,17H,5-11H2,1-4H3,(H,18,19). The molecule has 0 aromatic rings. The minimum Gasteiger partial charge on any atom is -0.480 e. The van der Waals surface area contributed by atoms with Gasteiger partial charge in [-0.1, -0.05) is 40.0 Å².